The van der Waals surface area contributed by atoms with Crippen LogP contribution in [0.15, 0.2) is 48.7 Å². The molecule has 2 heterocycles. The molecular weight excluding hydrogens is 361 g/mol. The van der Waals surface area contributed by atoms with E-state index in [-0.39, 0.29) is 36.1 Å². The van der Waals surface area contributed by atoms with Crippen molar-refractivity contribution >= 4 is 30.7 Å². The lowest BCUT2D eigenvalue weighted by molar-refractivity contribution is 0.0776. The van der Waals surface area contributed by atoms with Crippen LogP contribution in [-0.2, 0) is 0 Å². The Balaban J connectivity index is 0.00000156. The fourth-order valence-electron chi connectivity index (χ4n) is 2.72. The highest BCUT2D eigenvalue weighted by Gasteiger charge is 2.35. The van der Waals surface area contributed by atoms with E-state index in [1.54, 1.807) is 18.3 Å². The number of carbonyl (C=O) groups is 1. The van der Waals surface area contributed by atoms with E-state index < -0.39 is 0 Å². The van der Waals surface area contributed by atoms with Crippen molar-refractivity contribution in [3.05, 3.63) is 54.2 Å². The molecule has 0 saturated carbocycles. The van der Waals surface area contributed by atoms with E-state index in [1.165, 1.54) is 0 Å². The SMILES string of the molecule is CC1(CN)CCN(C(=O)c2ccc(Oc3ccccc3)nc2)C1.Cl.Cl. The normalized spacial score (nSPS) is 18.9. The highest BCUT2D eigenvalue weighted by molar-refractivity contribution is 5.94. The number of amides is 1. The number of pyridine rings is 1. The van der Waals surface area contributed by atoms with Gasteiger partial charge >= 0.3 is 0 Å². The second kappa shape index (κ2) is 9.04. The number of nitrogens with two attached hydrogens (primary N) is 1. The first kappa shape index (κ1) is 21.2. The second-order valence-corrected chi connectivity index (χ2v) is 6.29. The molecule has 1 amide bonds. The minimum Gasteiger partial charge on any atom is -0.439 e. The summed E-state index contributed by atoms with van der Waals surface area (Å²) in [6, 6.07) is 12.9. The van der Waals surface area contributed by atoms with Gasteiger partial charge in [0, 0.05) is 25.4 Å². The van der Waals surface area contributed by atoms with Gasteiger partial charge in [-0.15, -0.1) is 24.8 Å². The monoisotopic (exact) mass is 383 g/mol. The fraction of sp³-hybridized carbons (Fsp3) is 0.333. The largest absolute Gasteiger partial charge is 0.439 e. The zero-order valence-electron chi connectivity index (χ0n) is 14.1. The number of aromatic nitrogens is 1. The Labute approximate surface area is 160 Å². The fourth-order valence-corrected chi connectivity index (χ4v) is 2.72. The smallest absolute Gasteiger partial charge is 0.255 e. The van der Waals surface area contributed by atoms with Gasteiger partial charge in [-0.2, -0.15) is 0 Å². The van der Waals surface area contributed by atoms with E-state index in [1.807, 2.05) is 35.2 Å². The molecule has 3 rings (SSSR count). The first-order chi connectivity index (χ1) is 11.1. The maximum atomic E-state index is 12.5. The average molecular weight is 384 g/mol. The van der Waals surface area contributed by atoms with E-state index in [9.17, 15) is 4.79 Å². The lowest BCUT2D eigenvalue weighted by atomic mass is 9.90. The molecule has 1 atom stereocenters. The van der Waals surface area contributed by atoms with Crippen LogP contribution in [0.5, 0.6) is 11.6 Å². The van der Waals surface area contributed by atoms with Crippen molar-refractivity contribution in [3.8, 4) is 11.6 Å². The summed E-state index contributed by atoms with van der Waals surface area (Å²) in [7, 11) is 0. The lowest BCUT2D eigenvalue weighted by Crippen LogP contribution is -2.34. The zero-order chi connectivity index (χ0) is 16.3. The van der Waals surface area contributed by atoms with Crippen molar-refractivity contribution in [1.82, 2.24) is 9.88 Å². The van der Waals surface area contributed by atoms with Gasteiger partial charge in [0.1, 0.15) is 5.75 Å². The van der Waals surface area contributed by atoms with Crippen LogP contribution >= 0.6 is 24.8 Å². The third-order valence-electron chi connectivity index (χ3n) is 4.29. The molecule has 0 bridgehead atoms. The quantitative estimate of drug-likeness (QED) is 0.876. The number of halogens is 2. The molecule has 1 aliphatic rings. The molecule has 1 saturated heterocycles. The number of ether oxygens (including phenoxy) is 1. The van der Waals surface area contributed by atoms with Gasteiger partial charge in [-0.05, 0) is 36.6 Å². The van der Waals surface area contributed by atoms with Gasteiger partial charge in [0.25, 0.3) is 5.91 Å². The molecule has 0 radical (unpaired) electrons. The third kappa shape index (κ3) is 5.08. The lowest BCUT2D eigenvalue weighted by Gasteiger charge is -2.22. The highest BCUT2D eigenvalue weighted by Crippen LogP contribution is 2.29. The van der Waals surface area contributed by atoms with Gasteiger partial charge in [0.15, 0.2) is 0 Å². The Morgan fingerprint density at radius 2 is 1.96 bits per heavy atom. The third-order valence-corrected chi connectivity index (χ3v) is 4.29. The Kier molecular flexibility index (Phi) is 7.67. The van der Waals surface area contributed by atoms with Crippen LogP contribution in [0.4, 0.5) is 0 Å². The molecule has 1 fully saturated rings. The first-order valence-electron chi connectivity index (χ1n) is 7.78. The summed E-state index contributed by atoms with van der Waals surface area (Å²) < 4.78 is 5.64. The van der Waals surface area contributed by atoms with E-state index in [0.29, 0.717) is 24.5 Å². The topological polar surface area (TPSA) is 68.5 Å². The standard InChI is InChI=1S/C18H21N3O2.2ClH/c1-18(12-19)9-10-21(13-18)17(22)14-7-8-16(20-11-14)23-15-5-3-2-4-6-15;;/h2-8,11H,9-10,12-13,19H2,1H3;2*1H. The predicted octanol–water partition coefficient (Wildman–Crippen LogP) is 3.53. The van der Waals surface area contributed by atoms with E-state index in [4.69, 9.17) is 10.5 Å². The van der Waals surface area contributed by atoms with Gasteiger partial charge in [-0.3, -0.25) is 4.79 Å². The summed E-state index contributed by atoms with van der Waals surface area (Å²) in [5, 5.41) is 0. The summed E-state index contributed by atoms with van der Waals surface area (Å²) in [5.74, 6) is 1.19. The summed E-state index contributed by atoms with van der Waals surface area (Å²) in [5.41, 5.74) is 6.40. The van der Waals surface area contributed by atoms with Gasteiger partial charge < -0.3 is 15.4 Å². The van der Waals surface area contributed by atoms with Crippen LogP contribution in [0.3, 0.4) is 0 Å². The predicted molar refractivity (Wildman–Crippen MR) is 103 cm³/mol. The number of benzene rings is 1. The van der Waals surface area contributed by atoms with Crippen molar-refractivity contribution in [3.63, 3.8) is 0 Å². The molecule has 1 aromatic heterocycles. The van der Waals surface area contributed by atoms with E-state index >= 15 is 0 Å². The minimum atomic E-state index is 0. The van der Waals surface area contributed by atoms with E-state index in [0.717, 1.165) is 18.7 Å². The molecule has 1 aromatic carbocycles. The molecule has 1 unspecified atom stereocenters. The number of nitrogens with zero attached hydrogens (tertiary/aromatic N) is 2. The number of hydrogen-bond acceptors (Lipinski definition) is 4. The first-order valence-corrected chi connectivity index (χ1v) is 7.78. The van der Waals surface area contributed by atoms with Crippen LogP contribution in [0.25, 0.3) is 0 Å². The van der Waals surface area contributed by atoms with Crippen LogP contribution < -0.4 is 10.5 Å². The second-order valence-electron chi connectivity index (χ2n) is 6.29. The van der Waals surface area contributed by atoms with Crippen molar-refractivity contribution in [1.29, 1.82) is 0 Å². The van der Waals surface area contributed by atoms with Crippen LogP contribution in [0.2, 0.25) is 0 Å². The molecular formula is C18H23Cl2N3O2. The Bertz CT molecular complexity index is 682. The summed E-state index contributed by atoms with van der Waals surface area (Å²) in [6.45, 7) is 4.16. The van der Waals surface area contributed by atoms with Crippen molar-refractivity contribution in [2.45, 2.75) is 13.3 Å². The molecule has 0 aliphatic carbocycles. The number of carbonyl (C=O) groups excluding carboxylic acids is 1. The van der Waals surface area contributed by atoms with Gasteiger partial charge in [-0.25, -0.2) is 4.98 Å². The summed E-state index contributed by atoms with van der Waals surface area (Å²) in [6.07, 6.45) is 2.51. The molecule has 25 heavy (non-hydrogen) atoms. The average Bonchev–Trinajstić information content (AvgIpc) is 2.99. The molecule has 136 valence electrons. The van der Waals surface area contributed by atoms with Gasteiger partial charge in [-0.1, -0.05) is 25.1 Å². The molecule has 7 heteroatoms. The van der Waals surface area contributed by atoms with Crippen LogP contribution in [-0.4, -0.2) is 35.4 Å². The Morgan fingerprint density at radius 1 is 1.24 bits per heavy atom. The van der Waals surface area contributed by atoms with Gasteiger partial charge in [0.05, 0.1) is 5.56 Å². The maximum absolute atomic E-state index is 12.5. The Hall–Kier alpha value is -1.82. The van der Waals surface area contributed by atoms with E-state index in [2.05, 4.69) is 11.9 Å². The molecule has 0 spiro atoms. The number of rotatable bonds is 4. The Morgan fingerprint density at radius 3 is 2.52 bits per heavy atom. The van der Waals surface area contributed by atoms with Crippen LogP contribution in [0.1, 0.15) is 23.7 Å². The molecule has 1 aliphatic heterocycles. The summed E-state index contributed by atoms with van der Waals surface area (Å²) in [4.78, 5) is 18.6. The minimum absolute atomic E-state index is 0. The van der Waals surface area contributed by atoms with Crippen molar-refractivity contribution in [2.75, 3.05) is 19.6 Å². The molecule has 2 aromatic rings. The number of para-hydroxylation sites is 1. The number of likely N-dealkylation sites (tertiary alicyclic amines) is 1. The van der Waals surface area contributed by atoms with Crippen molar-refractivity contribution < 1.29 is 9.53 Å². The van der Waals surface area contributed by atoms with Crippen LogP contribution in [0, 0.1) is 5.41 Å². The van der Waals surface area contributed by atoms with Gasteiger partial charge in [0.2, 0.25) is 5.88 Å². The zero-order valence-corrected chi connectivity index (χ0v) is 15.7. The molecule has 5 nitrogen and oxygen atoms in total. The number of hydrogen-bond donors (Lipinski definition) is 1. The van der Waals surface area contributed by atoms with Crippen molar-refractivity contribution in [2.24, 2.45) is 11.1 Å². The summed E-state index contributed by atoms with van der Waals surface area (Å²) >= 11 is 0. The highest BCUT2D eigenvalue weighted by atomic mass is 35.5. The molecule has 2 N–H and O–H groups in total. The maximum Gasteiger partial charge on any atom is 0.255 e.